The number of aliphatic hydroxyl groups is 2. The Morgan fingerprint density at radius 3 is 1.94 bits per heavy atom. The average Bonchev–Trinajstić information content (AvgIpc) is 1.82. The number of nitrogens with two attached hydrogens (primary N) is 4. The number of likely N-dealkylation sites (tertiary alicyclic amines) is 2. The molecule has 0 saturated carbocycles. The van der Waals surface area contributed by atoms with Gasteiger partial charge in [0, 0.05) is 121 Å². The van der Waals surface area contributed by atoms with E-state index in [1.165, 1.54) is 14.0 Å². The Bertz CT molecular complexity index is 3370. The minimum absolute atomic E-state index is 0.000436. The number of aromatic amines is 1. The molecule has 2 aromatic carbocycles. The van der Waals surface area contributed by atoms with Crippen LogP contribution in [0, 0.1) is 0 Å². The van der Waals surface area contributed by atoms with Gasteiger partial charge in [0.15, 0.2) is 11.9 Å². The van der Waals surface area contributed by atoms with Crippen molar-refractivity contribution in [2.45, 2.75) is 183 Å². The van der Waals surface area contributed by atoms with E-state index >= 15 is 14.4 Å². The summed E-state index contributed by atoms with van der Waals surface area (Å²) in [5.41, 5.74) is 24.6. The van der Waals surface area contributed by atoms with Gasteiger partial charge < -0.3 is 90.5 Å². The van der Waals surface area contributed by atoms with E-state index in [1.807, 2.05) is 12.1 Å². The molecule has 5 heterocycles. The lowest BCUT2D eigenvalue weighted by atomic mass is 9.99. The van der Waals surface area contributed by atoms with Crippen LogP contribution >= 0.6 is 0 Å². The number of para-hydroxylation sites is 1. The van der Waals surface area contributed by atoms with Gasteiger partial charge in [0.05, 0.1) is 12.2 Å². The molecule has 4 aliphatic rings. The highest BCUT2D eigenvalue weighted by atomic mass is 16.3. The summed E-state index contributed by atoms with van der Waals surface area (Å²) in [6.45, 7) is 0.609. The third kappa shape index (κ3) is 21.6. The lowest BCUT2D eigenvalue weighted by Gasteiger charge is -2.33. The first kappa shape index (κ1) is 72.6. The summed E-state index contributed by atoms with van der Waals surface area (Å²) in [5, 5.41) is 44.7. The molecule has 31 nitrogen and oxygen atoms in total. The van der Waals surface area contributed by atoms with Gasteiger partial charge in [0.1, 0.15) is 60.2 Å². The smallest absolute Gasteiger partial charge is 0.246 e. The Labute approximate surface area is 549 Å². The number of aromatic nitrogens is 1. The monoisotopic (exact) mass is 1320 g/mol. The van der Waals surface area contributed by atoms with E-state index in [-0.39, 0.29) is 134 Å². The fourth-order valence-electron chi connectivity index (χ4n) is 12.1. The maximum absolute atomic E-state index is 15.4. The number of carbonyl (C=O) groups excluding carboxylic acids is 11. The molecule has 7 rings (SSSR count). The van der Waals surface area contributed by atoms with E-state index in [1.54, 1.807) is 61.0 Å². The summed E-state index contributed by atoms with van der Waals surface area (Å²) in [7, 11) is 1.38. The molecule has 3 saturated heterocycles. The quantitative estimate of drug-likeness (QED) is 0.0309. The Morgan fingerprint density at radius 2 is 1.27 bits per heavy atom. The van der Waals surface area contributed by atoms with Crippen molar-refractivity contribution in [2.75, 3.05) is 33.2 Å². The Hall–Kier alpha value is -9.78. The van der Waals surface area contributed by atoms with Gasteiger partial charge in [-0.05, 0) is 62.1 Å². The summed E-state index contributed by atoms with van der Waals surface area (Å²) in [6, 6.07) is 3.51. The van der Waals surface area contributed by atoms with Gasteiger partial charge in [0.25, 0.3) is 0 Å². The van der Waals surface area contributed by atoms with E-state index < -0.39 is 132 Å². The van der Waals surface area contributed by atoms with E-state index in [0.717, 1.165) is 9.80 Å². The van der Waals surface area contributed by atoms with Crippen LogP contribution in [0.4, 0.5) is 0 Å². The van der Waals surface area contributed by atoms with Crippen LogP contribution in [0.2, 0.25) is 0 Å². The first-order chi connectivity index (χ1) is 45.5. The van der Waals surface area contributed by atoms with Gasteiger partial charge >= 0.3 is 0 Å². The summed E-state index contributed by atoms with van der Waals surface area (Å²) in [6.07, 6.45) is 2.74. The number of hydrogen-bond donors (Lipinski definition) is 15. The van der Waals surface area contributed by atoms with Gasteiger partial charge in [0.2, 0.25) is 59.1 Å². The molecule has 31 heteroatoms. The second-order valence-electron chi connectivity index (χ2n) is 24.3. The van der Waals surface area contributed by atoms with Crippen molar-refractivity contribution >= 4 is 93.9 Å². The molecule has 0 spiro atoms. The first-order valence-corrected chi connectivity index (χ1v) is 32.2. The molecule has 0 radical (unpaired) electrons. The zero-order valence-electron chi connectivity index (χ0n) is 53.6. The van der Waals surface area contributed by atoms with Crippen LogP contribution in [0.15, 0.2) is 87.5 Å². The number of carbonyl (C=O) groups is 11. The number of aliphatic hydroxyl groups excluding tert-OH is 2. The van der Waals surface area contributed by atoms with Crippen LogP contribution in [-0.4, -0.2) is 208 Å². The fraction of sp³-hybridized carbons (Fsp3) is 0.531. The second-order valence-corrected chi connectivity index (χ2v) is 24.3. The van der Waals surface area contributed by atoms with Gasteiger partial charge in [-0.3, -0.25) is 67.7 Å². The highest BCUT2D eigenvalue weighted by molar-refractivity contribution is 6.00. The van der Waals surface area contributed by atoms with Crippen LogP contribution in [0.1, 0.15) is 114 Å². The van der Waals surface area contributed by atoms with E-state index in [0.29, 0.717) is 40.6 Å². The first-order valence-electron chi connectivity index (χ1n) is 32.2. The number of ketones is 1. The minimum Gasteiger partial charge on any atom is -0.391 e. The van der Waals surface area contributed by atoms with Gasteiger partial charge in [-0.15, -0.1) is 0 Å². The summed E-state index contributed by atoms with van der Waals surface area (Å²) in [4.78, 5) is 176. The second kappa shape index (κ2) is 35.5. The predicted octanol–water partition coefficient (Wildman–Crippen LogP) is -2.79. The Morgan fingerprint density at radius 1 is 0.674 bits per heavy atom. The Balaban J connectivity index is 1.24. The molecular weight excluding hydrogens is 1230 g/mol. The minimum atomic E-state index is -1.51. The van der Waals surface area contributed by atoms with E-state index in [9.17, 15) is 48.6 Å². The number of fused-ring (bicyclic) bond motifs is 1. The molecule has 3 aromatic rings. The maximum atomic E-state index is 15.4. The van der Waals surface area contributed by atoms with E-state index in [4.69, 9.17) is 22.9 Å². The average molecular weight is 1320 g/mol. The number of benzene rings is 2. The molecule has 3 fully saturated rings. The van der Waals surface area contributed by atoms with Crippen molar-refractivity contribution in [3.8, 4) is 0 Å². The maximum Gasteiger partial charge on any atom is 0.246 e. The topological polar surface area (TPSA) is 488 Å². The van der Waals surface area contributed by atoms with Crippen LogP contribution in [0.5, 0.6) is 0 Å². The van der Waals surface area contributed by atoms with Crippen LogP contribution in [0.3, 0.4) is 0 Å². The third-order valence-electron chi connectivity index (χ3n) is 17.0. The van der Waals surface area contributed by atoms with Crippen molar-refractivity contribution in [3.05, 3.63) is 83.7 Å². The Kier molecular flexibility index (Phi) is 27.1. The van der Waals surface area contributed by atoms with Crippen molar-refractivity contribution in [1.29, 1.82) is 0 Å². The largest absolute Gasteiger partial charge is 0.391 e. The number of hydrogen-bond acceptors (Lipinski definition) is 16. The highest BCUT2D eigenvalue weighted by Crippen LogP contribution is 2.28. The fourth-order valence-corrected chi connectivity index (χ4v) is 12.1. The lowest BCUT2D eigenvalue weighted by molar-refractivity contribution is -0.148. The van der Waals surface area contributed by atoms with Crippen LogP contribution in [0.25, 0.3) is 10.9 Å². The SMILES string of the molecule is CNC(=O)[C@H](CCCN=C(N)N)NC(=O)[C@@H]1C[C@@H](O)CN1C(=O)[C@@H]1C[C@@H](O)CN1C(=O)[C@@H]1CCCCCC(=O)CC[C@H](NC(C)=O)C(=O)N[C@@H](CC2=CCC=N2)C(=O)N[C@H](Cc2ccccc2)C(=O)N[C@@H](CCCN=C(N)N)C(=O)N[C@@H](Cc2c[nH]c3ccccc23)C(=O)N1. The molecule has 0 bridgehead atoms. The number of allylic oxidation sites excluding steroid dienone is 1. The molecule has 19 N–H and O–H groups in total. The van der Waals surface area contributed by atoms with Gasteiger partial charge in [-0.25, -0.2) is 0 Å². The van der Waals surface area contributed by atoms with Crippen molar-refractivity contribution in [3.63, 3.8) is 0 Å². The summed E-state index contributed by atoms with van der Waals surface area (Å²) < 4.78 is 0. The number of rotatable bonds is 20. The van der Waals surface area contributed by atoms with Gasteiger partial charge in [-0.2, -0.15) is 0 Å². The molecule has 11 atom stereocenters. The zero-order valence-corrected chi connectivity index (χ0v) is 53.6. The number of amides is 10. The third-order valence-corrected chi connectivity index (χ3v) is 17.0. The van der Waals surface area contributed by atoms with Crippen molar-refractivity contribution in [1.82, 2.24) is 57.3 Å². The van der Waals surface area contributed by atoms with E-state index in [2.05, 4.69) is 62.5 Å². The van der Waals surface area contributed by atoms with Crippen LogP contribution in [-0.2, 0) is 65.6 Å². The number of likely N-dealkylation sites (N-methyl/N-ethyl adjacent to an activating group) is 1. The number of nitrogens with one attached hydrogen (secondary N) is 9. The number of β-amino-alcohol motifs (C(OH)–C–C–N with tert-alkyl or cyclic N) is 2. The lowest BCUT2D eigenvalue weighted by Crippen LogP contribution is -2.61. The molecule has 0 aliphatic carbocycles. The van der Waals surface area contributed by atoms with Crippen molar-refractivity contribution < 1.29 is 63.0 Å². The van der Waals surface area contributed by atoms with Gasteiger partial charge in [-0.1, -0.05) is 67.4 Å². The number of H-pyrrole nitrogens is 1. The van der Waals surface area contributed by atoms with Crippen molar-refractivity contribution in [2.24, 2.45) is 37.9 Å². The number of guanidine groups is 2. The summed E-state index contributed by atoms with van der Waals surface area (Å²) in [5.74, 6) is -8.41. The number of aliphatic imine (C=N–C) groups is 3. The predicted molar refractivity (Wildman–Crippen MR) is 351 cm³/mol. The molecule has 1 aromatic heterocycles. The summed E-state index contributed by atoms with van der Waals surface area (Å²) >= 11 is 0. The molecular formula is C64H90N18O13. The molecule has 10 amide bonds. The normalized spacial score (nSPS) is 24.7. The molecule has 95 heavy (non-hydrogen) atoms. The molecule has 0 unspecified atom stereocenters. The highest BCUT2D eigenvalue weighted by Gasteiger charge is 2.48. The molecule has 514 valence electrons. The van der Waals surface area contributed by atoms with Crippen LogP contribution < -0.4 is 65.5 Å². The molecule has 4 aliphatic heterocycles. The number of nitrogens with zero attached hydrogens (tertiary/aromatic N) is 5. The number of Topliss-reactive ketones (excluding diaryl/α,β-unsaturated/α-hetero) is 1. The standard InChI is InChI=1S/C64H90N18O13/c1-36(83)74-47-24-23-40(84)17-7-4-8-20-48(61(94)82-35-42(86)32-53(82)62(95)81-34-41(85)31-52(81)60(93)76-45(54(87)69-2)21-12-26-71-63(65)66)77-58(91)50(29-38-33-73-44-19-10-9-18-43(38)44)79-55(88)46(22-13-27-72-64(67)68)75-57(90)49(28-37-14-5-3-6-15-37)78-59(92)51(80-56(47)89)30-39-16-11-25-70-39/h3,5-6,9-10,14-16,18-19,25,33,41-42,45-53,73,85-86H,4,7-8,11-13,17,20-24,26-32,34-35H2,1-2H3,(H,69,87)(H,74,83)(H,75,90)(H,76,93)(H,77,91)(H,78,92)(H,79,88)(H,80,89)(H4,65,66,71)(H4,67,68,72)/t41-,42-,45+,46+,47+,48+,49-,50+,51+,52+,53+/m1/s1. The zero-order chi connectivity index (χ0) is 68.7.